The third-order valence-electron chi connectivity index (χ3n) is 3.23. The number of hydrogen-bond donors (Lipinski definition) is 1. The number of carbonyl (C=O) groups is 1. The monoisotopic (exact) mass is 349 g/mol. The van der Waals surface area contributed by atoms with Crippen LogP contribution in [0.3, 0.4) is 0 Å². The van der Waals surface area contributed by atoms with E-state index in [1.807, 2.05) is 0 Å². The number of rotatable bonds is 6. The van der Waals surface area contributed by atoms with Crippen molar-refractivity contribution in [3.63, 3.8) is 0 Å². The summed E-state index contributed by atoms with van der Waals surface area (Å²) in [6, 6.07) is 3.11. The minimum atomic E-state index is -3.19. The Bertz CT molecular complexity index is 634. The van der Waals surface area contributed by atoms with E-state index in [1.54, 1.807) is 6.92 Å². The molecule has 0 saturated heterocycles. The number of nitrogens with one attached hydrogen (secondary N) is 1. The molecule has 0 aromatic heterocycles. The van der Waals surface area contributed by atoms with Gasteiger partial charge in [0.05, 0.1) is 17.9 Å². The number of ether oxygens (including phenoxy) is 3. The van der Waals surface area contributed by atoms with Gasteiger partial charge in [-0.2, -0.15) is 17.6 Å². The molecule has 132 valence electrons. The molecule has 2 rings (SSSR count). The van der Waals surface area contributed by atoms with E-state index in [2.05, 4.69) is 14.8 Å². The second kappa shape index (κ2) is 7.89. The number of anilines is 1. The lowest BCUT2D eigenvalue weighted by Crippen LogP contribution is -2.20. The predicted molar refractivity (Wildman–Crippen MR) is 76.2 cm³/mol. The first-order valence-corrected chi connectivity index (χ1v) is 7.04. The summed E-state index contributed by atoms with van der Waals surface area (Å²) in [6.45, 7) is -4.18. The topological polar surface area (TPSA) is 56.8 Å². The highest BCUT2D eigenvalue weighted by molar-refractivity contribution is 6.04. The number of halogens is 4. The average Bonchev–Trinajstić information content (AvgIpc) is 2.49. The summed E-state index contributed by atoms with van der Waals surface area (Å²) in [4.78, 5) is 12.2. The lowest BCUT2D eigenvalue weighted by molar-refractivity contribution is -0.113. The van der Waals surface area contributed by atoms with Crippen molar-refractivity contribution >= 4 is 11.6 Å². The summed E-state index contributed by atoms with van der Waals surface area (Å²) in [5, 5.41) is 2.42. The Labute approximate surface area is 135 Å². The fourth-order valence-electron chi connectivity index (χ4n) is 2.18. The number of amides is 1. The zero-order valence-electron chi connectivity index (χ0n) is 12.7. The van der Waals surface area contributed by atoms with E-state index >= 15 is 0 Å². The number of hydrogen-bond acceptors (Lipinski definition) is 4. The maximum atomic E-state index is 12.5. The molecule has 1 aromatic rings. The van der Waals surface area contributed by atoms with Gasteiger partial charge in [-0.1, -0.05) is 0 Å². The van der Waals surface area contributed by atoms with Gasteiger partial charge in [-0.05, 0) is 31.9 Å². The lowest BCUT2D eigenvalue weighted by Gasteiger charge is -2.19. The molecule has 0 fully saturated rings. The van der Waals surface area contributed by atoms with Crippen LogP contribution in [0.25, 0.3) is 0 Å². The first kappa shape index (κ1) is 17.9. The molecular weight excluding hydrogens is 334 g/mol. The van der Waals surface area contributed by atoms with Crippen LogP contribution in [0.2, 0.25) is 0 Å². The van der Waals surface area contributed by atoms with Gasteiger partial charge in [0.2, 0.25) is 0 Å². The van der Waals surface area contributed by atoms with Crippen LogP contribution in [0.5, 0.6) is 11.5 Å². The van der Waals surface area contributed by atoms with Crippen molar-refractivity contribution in [3.8, 4) is 11.5 Å². The first-order chi connectivity index (χ1) is 11.4. The Balaban J connectivity index is 2.23. The molecule has 0 aliphatic carbocycles. The quantitative estimate of drug-likeness (QED) is 0.791. The maximum absolute atomic E-state index is 12.5. The van der Waals surface area contributed by atoms with Crippen molar-refractivity contribution in [2.45, 2.75) is 33.0 Å². The molecule has 5 nitrogen and oxygen atoms in total. The molecule has 1 amide bonds. The first-order valence-electron chi connectivity index (χ1n) is 7.04. The SMILES string of the molecule is CC1=C(C(=O)Nc2ccc(OC(F)F)cc2OC(F)F)CCCO1. The summed E-state index contributed by atoms with van der Waals surface area (Å²) in [7, 11) is 0. The third kappa shape index (κ3) is 4.77. The normalized spacial score (nSPS) is 14.6. The Morgan fingerprint density at radius 3 is 2.54 bits per heavy atom. The Hall–Kier alpha value is -2.45. The van der Waals surface area contributed by atoms with Gasteiger partial charge in [0.1, 0.15) is 11.5 Å². The summed E-state index contributed by atoms with van der Waals surface area (Å²) >= 11 is 0. The van der Waals surface area contributed by atoms with E-state index in [-0.39, 0.29) is 11.4 Å². The molecule has 1 N–H and O–H groups in total. The summed E-state index contributed by atoms with van der Waals surface area (Å²) in [6.07, 6.45) is 1.14. The van der Waals surface area contributed by atoms with Gasteiger partial charge in [0.15, 0.2) is 5.75 Å². The van der Waals surface area contributed by atoms with Crippen molar-refractivity contribution < 1.29 is 36.6 Å². The molecule has 9 heteroatoms. The minimum absolute atomic E-state index is 0.0900. The molecule has 1 aromatic carbocycles. The highest BCUT2D eigenvalue weighted by Gasteiger charge is 2.20. The van der Waals surface area contributed by atoms with Gasteiger partial charge >= 0.3 is 13.2 Å². The number of allylic oxidation sites excluding steroid dienone is 1. The molecule has 0 saturated carbocycles. The predicted octanol–water partition coefficient (Wildman–Crippen LogP) is 3.91. The van der Waals surface area contributed by atoms with E-state index in [4.69, 9.17) is 4.74 Å². The maximum Gasteiger partial charge on any atom is 0.387 e. The van der Waals surface area contributed by atoms with Gasteiger partial charge in [-0.25, -0.2) is 0 Å². The summed E-state index contributed by atoms with van der Waals surface area (Å²) in [5.41, 5.74) is 0.296. The zero-order valence-corrected chi connectivity index (χ0v) is 12.7. The Kier molecular flexibility index (Phi) is 5.88. The smallest absolute Gasteiger partial charge is 0.387 e. The summed E-state index contributed by atoms with van der Waals surface area (Å²) in [5.74, 6) is -0.928. The standard InChI is InChI=1S/C15H15F4NO4/c1-8-10(3-2-6-22-8)13(21)20-11-5-4-9(23-14(16)17)7-12(11)24-15(18)19/h4-5,7,14-15H,2-3,6H2,1H3,(H,20,21). The molecule has 0 radical (unpaired) electrons. The molecule has 0 bridgehead atoms. The lowest BCUT2D eigenvalue weighted by atomic mass is 10.1. The van der Waals surface area contributed by atoms with E-state index in [9.17, 15) is 22.4 Å². The molecule has 24 heavy (non-hydrogen) atoms. The van der Waals surface area contributed by atoms with Crippen molar-refractivity contribution in [1.29, 1.82) is 0 Å². The largest absolute Gasteiger partial charge is 0.498 e. The fraction of sp³-hybridized carbons (Fsp3) is 0.400. The van der Waals surface area contributed by atoms with E-state index in [0.717, 1.165) is 18.2 Å². The zero-order chi connectivity index (χ0) is 17.7. The van der Waals surface area contributed by atoms with Gasteiger partial charge in [-0.3, -0.25) is 4.79 Å². The minimum Gasteiger partial charge on any atom is -0.498 e. The highest BCUT2D eigenvalue weighted by Crippen LogP contribution is 2.32. The number of alkyl halides is 4. The molecule has 0 spiro atoms. The van der Waals surface area contributed by atoms with E-state index in [1.165, 1.54) is 0 Å². The van der Waals surface area contributed by atoms with Crippen LogP contribution in [0.1, 0.15) is 19.8 Å². The van der Waals surface area contributed by atoms with Gasteiger partial charge in [0, 0.05) is 6.07 Å². The molecule has 1 heterocycles. The number of carbonyl (C=O) groups excluding carboxylic acids is 1. The Morgan fingerprint density at radius 2 is 1.92 bits per heavy atom. The van der Waals surface area contributed by atoms with Gasteiger partial charge in [-0.15, -0.1) is 0 Å². The van der Waals surface area contributed by atoms with Gasteiger partial charge < -0.3 is 19.5 Å². The van der Waals surface area contributed by atoms with Crippen LogP contribution >= 0.6 is 0 Å². The van der Waals surface area contributed by atoms with Crippen LogP contribution in [-0.4, -0.2) is 25.7 Å². The molecule has 1 aliphatic heterocycles. The van der Waals surface area contributed by atoms with Crippen molar-refractivity contribution in [2.24, 2.45) is 0 Å². The molecular formula is C15H15F4NO4. The highest BCUT2D eigenvalue weighted by atomic mass is 19.3. The van der Waals surface area contributed by atoms with Crippen molar-refractivity contribution in [1.82, 2.24) is 0 Å². The molecule has 0 unspecified atom stereocenters. The molecule has 0 atom stereocenters. The van der Waals surface area contributed by atoms with Crippen LogP contribution in [-0.2, 0) is 9.53 Å². The number of benzene rings is 1. The summed E-state index contributed by atoms with van der Waals surface area (Å²) < 4.78 is 63.1. The third-order valence-corrected chi connectivity index (χ3v) is 3.23. The van der Waals surface area contributed by atoms with Crippen LogP contribution in [0.15, 0.2) is 29.5 Å². The Morgan fingerprint density at radius 1 is 1.21 bits per heavy atom. The van der Waals surface area contributed by atoms with Gasteiger partial charge in [0.25, 0.3) is 5.91 Å². The second-order valence-electron chi connectivity index (χ2n) is 4.86. The molecule has 1 aliphatic rings. The van der Waals surface area contributed by atoms with Crippen molar-refractivity contribution in [2.75, 3.05) is 11.9 Å². The van der Waals surface area contributed by atoms with E-state index < -0.39 is 24.9 Å². The second-order valence-corrected chi connectivity index (χ2v) is 4.86. The van der Waals surface area contributed by atoms with Crippen molar-refractivity contribution in [3.05, 3.63) is 29.5 Å². The van der Waals surface area contributed by atoms with E-state index in [0.29, 0.717) is 30.8 Å². The van der Waals surface area contributed by atoms with Crippen LogP contribution in [0, 0.1) is 0 Å². The average molecular weight is 349 g/mol. The van der Waals surface area contributed by atoms with Crippen LogP contribution < -0.4 is 14.8 Å². The van der Waals surface area contributed by atoms with Crippen LogP contribution in [0.4, 0.5) is 23.2 Å². The fourth-order valence-corrected chi connectivity index (χ4v) is 2.18.